The molecule has 0 radical (unpaired) electrons. The van der Waals surface area contributed by atoms with Gasteiger partial charge in [-0.3, -0.25) is 4.79 Å². The van der Waals surface area contributed by atoms with Crippen LogP contribution in [0.4, 0.5) is 0 Å². The molecule has 3 saturated carbocycles. The summed E-state index contributed by atoms with van der Waals surface area (Å²) in [5.41, 5.74) is 1.04. The molecular formula is C27H40O2. The van der Waals surface area contributed by atoms with Crippen molar-refractivity contribution in [3.8, 4) is 0 Å². The van der Waals surface area contributed by atoms with E-state index in [9.17, 15) is 9.90 Å². The van der Waals surface area contributed by atoms with E-state index in [2.05, 4.69) is 34.6 Å². The van der Waals surface area contributed by atoms with Gasteiger partial charge in [0.05, 0.1) is 6.10 Å². The topological polar surface area (TPSA) is 37.3 Å². The van der Waals surface area contributed by atoms with Crippen LogP contribution in [0.1, 0.15) is 83.5 Å². The molecule has 0 spiro atoms. The molecule has 0 saturated heterocycles. The lowest BCUT2D eigenvalue weighted by atomic mass is 9.45. The first kappa shape index (κ1) is 21.1. The molecular weight excluding hydrogens is 356 g/mol. The molecule has 1 N–H and O–H groups in total. The maximum absolute atomic E-state index is 13.7. The van der Waals surface area contributed by atoms with Gasteiger partial charge in [0, 0.05) is 11.5 Å². The van der Waals surface area contributed by atoms with Crippen molar-refractivity contribution in [2.75, 3.05) is 0 Å². The number of carbonyl (C=O) groups excluding carboxylic acids is 1. The van der Waals surface area contributed by atoms with Crippen molar-refractivity contribution in [3.63, 3.8) is 0 Å². The Morgan fingerprint density at radius 3 is 2.28 bits per heavy atom. The minimum absolute atomic E-state index is 0.00205. The van der Waals surface area contributed by atoms with Crippen LogP contribution >= 0.6 is 0 Å². The summed E-state index contributed by atoms with van der Waals surface area (Å²) >= 11 is 0. The van der Waals surface area contributed by atoms with E-state index < -0.39 is 0 Å². The van der Waals surface area contributed by atoms with E-state index in [1.54, 1.807) is 0 Å². The van der Waals surface area contributed by atoms with Gasteiger partial charge in [-0.2, -0.15) is 0 Å². The van der Waals surface area contributed by atoms with Gasteiger partial charge >= 0.3 is 0 Å². The van der Waals surface area contributed by atoms with Crippen molar-refractivity contribution in [3.05, 3.63) is 35.9 Å². The zero-order valence-electron chi connectivity index (χ0n) is 19.0. The van der Waals surface area contributed by atoms with Crippen LogP contribution in [0.25, 0.3) is 0 Å². The van der Waals surface area contributed by atoms with Crippen LogP contribution in [0.15, 0.2) is 30.3 Å². The molecule has 0 heterocycles. The molecule has 1 aromatic rings. The molecule has 2 unspecified atom stereocenters. The fourth-order valence-corrected chi connectivity index (χ4v) is 7.93. The van der Waals surface area contributed by atoms with Crippen molar-refractivity contribution in [1.29, 1.82) is 0 Å². The molecule has 2 bridgehead atoms. The molecule has 160 valence electrons. The zero-order valence-corrected chi connectivity index (χ0v) is 19.0. The van der Waals surface area contributed by atoms with E-state index in [0.29, 0.717) is 35.4 Å². The number of benzene rings is 1. The van der Waals surface area contributed by atoms with E-state index >= 15 is 0 Å². The second-order valence-electron chi connectivity index (χ2n) is 11.5. The summed E-state index contributed by atoms with van der Waals surface area (Å²) in [7, 11) is 0. The Hall–Kier alpha value is -1.15. The standard InChI is InChI=1S/C27H40O2/c1-17-11-12-24(28)27(5)14-13-21-18(2)15-20(23(16-22(17)27)26(21,3)4)25(29)19-9-7-6-8-10-19/h6-10,17-18,20-24,28H,11-16H2,1-5H3/t17-,18-,20?,21+,22-,23+,24?,27+/m1/s1. The van der Waals surface area contributed by atoms with E-state index in [-0.39, 0.29) is 22.9 Å². The highest BCUT2D eigenvalue weighted by molar-refractivity contribution is 5.98. The minimum Gasteiger partial charge on any atom is -0.393 e. The number of rotatable bonds is 2. The first-order valence-corrected chi connectivity index (χ1v) is 11.9. The lowest BCUT2D eigenvalue weighted by molar-refractivity contribution is -0.129. The smallest absolute Gasteiger partial charge is 0.166 e. The Balaban J connectivity index is 1.74. The Bertz CT molecular complexity index is 738. The number of carbonyl (C=O) groups is 1. The molecule has 3 aliphatic carbocycles. The Labute approximate surface area is 177 Å². The maximum Gasteiger partial charge on any atom is 0.166 e. The van der Waals surface area contributed by atoms with Crippen LogP contribution in [0.5, 0.6) is 0 Å². The molecule has 1 aromatic carbocycles. The second-order valence-corrected chi connectivity index (χ2v) is 11.5. The number of fused-ring (bicyclic) bond motifs is 3. The van der Waals surface area contributed by atoms with Crippen molar-refractivity contribution in [1.82, 2.24) is 0 Å². The normalized spacial score (nSPS) is 44.3. The third-order valence-corrected chi connectivity index (χ3v) is 9.80. The van der Waals surface area contributed by atoms with Crippen LogP contribution < -0.4 is 0 Å². The summed E-state index contributed by atoms with van der Waals surface area (Å²) in [4.78, 5) is 13.7. The second kappa shape index (κ2) is 7.52. The molecule has 2 nitrogen and oxygen atoms in total. The molecule has 8 atom stereocenters. The number of hydrogen-bond donors (Lipinski definition) is 1. The van der Waals surface area contributed by atoms with Gasteiger partial charge in [-0.1, -0.05) is 65.0 Å². The number of ketones is 1. The van der Waals surface area contributed by atoms with E-state index in [4.69, 9.17) is 0 Å². The van der Waals surface area contributed by atoms with Gasteiger partial charge in [-0.05, 0) is 78.9 Å². The number of aliphatic hydroxyl groups is 1. The van der Waals surface area contributed by atoms with Crippen molar-refractivity contribution >= 4 is 5.78 Å². The van der Waals surface area contributed by atoms with Crippen LogP contribution in [-0.2, 0) is 0 Å². The summed E-state index contributed by atoms with van der Waals surface area (Å²) in [6, 6.07) is 9.95. The molecule has 0 aliphatic heterocycles. The fourth-order valence-electron chi connectivity index (χ4n) is 7.93. The van der Waals surface area contributed by atoms with Gasteiger partial charge in [0.15, 0.2) is 5.78 Å². The lowest BCUT2D eigenvalue weighted by Crippen LogP contribution is -2.55. The molecule has 3 fully saturated rings. The van der Waals surface area contributed by atoms with Crippen LogP contribution in [0.3, 0.4) is 0 Å². The van der Waals surface area contributed by atoms with Gasteiger partial charge in [-0.25, -0.2) is 0 Å². The average molecular weight is 397 g/mol. The first-order chi connectivity index (χ1) is 13.7. The Morgan fingerprint density at radius 1 is 0.897 bits per heavy atom. The summed E-state index contributed by atoms with van der Waals surface area (Å²) < 4.78 is 0. The lowest BCUT2D eigenvalue weighted by Gasteiger charge is -2.59. The van der Waals surface area contributed by atoms with Crippen LogP contribution in [0.2, 0.25) is 0 Å². The Morgan fingerprint density at radius 2 is 1.59 bits per heavy atom. The zero-order chi connectivity index (χ0) is 21.0. The van der Waals surface area contributed by atoms with Gasteiger partial charge in [0.25, 0.3) is 0 Å². The average Bonchev–Trinajstić information content (AvgIpc) is 2.68. The Kier molecular flexibility index (Phi) is 5.47. The molecule has 3 aliphatic rings. The number of hydrogen-bond acceptors (Lipinski definition) is 2. The predicted octanol–water partition coefficient (Wildman–Crippen LogP) is 6.38. The summed E-state index contributed by atoms with van der Waals surface area (Å²) in [5.74, 6) is 3.17. The van der Waals surface area contributed by atoms with E-state index in [1.165, 1.54) is 6.42 Å². The number of aliphatic hydroxyl groups excluding tert-OH is 1. The van der Waals surface area contributed by atoms with Gasteiger partial charge < -0.3 is 5.11 Å². The monoisotopic (exact) mass is 396 g/mol. The molecule has 4 rings (SSSR count). The van der Waals surface area contributed by atoms with Crippen molar-refractivity contribution in [2.24, 2.45) is 46.3 Å². The summed E-state index contributed by atoms with van der Waals surface area (Å²) in [5, 5.41) is 11.0. The summed E-state index contributed by atoms with van der Waals surface area (Å²) in [6.07, 6.45) is 6.30. The third-order valence-electron chi connectivity index (χ3n) is 9.80. The maximum atomic E-state index is 13.7. The highest BCUT2D eigenvalue weighted by Gasteiger charge is 2.56. The highest BCUT2D eigenvalue weighted by Crippen LogP contribution is 2.61. The van der Waals surface area contributed by atoms with Gasteiger partial charge in [0.1, 0.15) is 0 Å². The molecule has 0 amide bonds. The quantitative estimate of drug-likeness (QED) is 0.589. The third kappa shape index (κ3) is 3.40. The SMILES string of the molecule is C[C@@H]1CCC(O)[C@@]2(C)CC[C@H]3[C@H](C)CC(C(=O)c4ccccc4)[C@H](C[C@H]12)C3(C)C. The predicted molar refractivity (Wildman–Crippen MR) is 119 cm³/mol. The van der Waals surface area contributed by atoms with Crippen molar-refractivity contribution in [2.45, 2.75) is 79.2 Å². The minimum atomic E-state index is -0.191. The van der Waals surface area contributed by atoms with E-state index in [0.717, 1.165) is 37.7 Å². The fraction of sp³-hybridized carbons (Fsp3) is 0.741. The van der Waals surface area contributed by atoms with Gasteiger partial charge in [0.2, 0.25) is 0 Å². The summed E-state index contributed by atoms with van der Waals surface area (Å²) in [6.45, 7) is 12.0. The van der Waals surface area contributed by atoms with E-state index in [1.807, 2.05) is 30.3 Å². The van der Waals surface area contributed by atoms with Crippen molar-refractivity contribution < 1.29 is 9.90 Å². The molecule has 29 heavy (non-hydrogen) atoms. The first-order valence-electron chi connectivity index (χ1n) is 11.9. The van der Waals surface area contributed by atoms with Crippen LogP contribution in [0, 0.1) is 46.3 Å². The molecule has 0 aromatic heterocycles. The number of Topliss-reactive ketones (excluding diaryl/α,β-unsaturated/α-hetero) is 1. The largest absolute Gasteiger partial charge is 0.393 e. The van der Waals surface area contributed by atoms with Gasteiger partial charge in [-0.15, -0.1) is 0 Å². The molecule has 2 heteroatoms. The van der Waals surface area contributed by atoms with Crippen LogP contribution in [-0.4, -0.2) is 17.0 Å². The highest BCUT2D eigenvalue weighted by atomic mass is 16.3.